The molecule has 1 aromatic carbocycles. The Hall–Kier alpha value is -3.08. The molecule has 2 aromatic heterocycles. The van der Waals surface area contributed by atoms with Crippen molar-refractivity contribution in [1.82, 2.24) is 15.2 Å². The first-order valence-electron chi connectivity index (χ1n) is 9.22. The Morgan fingerprint density at radius 3 is 2.77 bits per heavy atom. The molecule has 0 saturated heterocycles. The van der Waals surface area contributed by atoms with Gasteiger partial charge in [-0.25, -0.2) is 4.98 Å². The molecule has 0 aliphatic carbocycles. The number of nitrogens with one attached hydrogen (secondary N) is 1. The number of fused-ring (bicyclic) bond motifs is 1. The van der Waals surface area contributed by atoms with Gasteiger partial charge in [-0.15, -0.1) is 11.3 Å². The molecule has 0 saturated carbocycles. The van der Waals surface area contributed by atoms with E-state index in [4.69, 9.17) is 9.15 Å². The molecule has 0 bridgehead atoms. The molecule has 11 heteroatoms. The number of carbonyl (C=O) groups is 2. The maximum Gasteiger partial charge on any atom is 0.434 e. The van der Waals surface area contributed by atoms with E-state index in [1.807, 2.05) is 0 Å². The molecule has 1 unspecified atom stereocenters. The topological polar surface area (TPSA) is 84.7 Å². The first kappa shape index (κ1) is 22.6. The van der Waals surface area contributed by atoms with Crippen LogP contribution in [0.5, 0.6) is 5.75 Å². The fourth-order valence-corrected chi connectivity index (χ4v) is 3.85. The molecule has 31 heavy (non-hydrogen) atoms. The maximum absolute atomic E-state index is 13.0. The summed E-state index contributed by atoms with van der Waals surface area (Å²) in [5.74, 6) is -0.820. The molecule has 0 radical (unpaired) electrons. The number of furan rings is 1. The van der Waals surface area contributed by atoms with Gasteiger partial charge in [-0.2, -0.15) is 13.2 Å². The molecular formula is C20H20F3N3O4S. The number of methoxy groups -OCH3 is 1. The molecule has 0 aliphatic rings. The summed E-state index contributed by atoms with van der Waals surface area (Å²) in [5, 5.41) is 3.43. The van der Waals surface area contributed by atoms with Gasteiger partial charge in [-0.1, -0.05) is 19.1 Å². The van der Waals surface area contributed by atoms with Gasteiger partial charge >= 0.3 is 6.18 Å². The highest BCUT2D eigenvalue weighted by molar-refractivity contribution is 7.11. The minimum absolute atomic E-state index is 0.107. The summed E-state index contributed by atoms with van der Waals surface area (Å²) >= 11 is 0.646. The lowest BCUT2D eigenvalue weighted by molar-refractivity contribution is -0.141. The zero-order valence-corrected chi connectivity index (χ0v) is 17.8. The van der Waals surface area contributed by atoms with E-state index in [1.54, 1.807) is 31.2 Å². The fraction of sp³-hybridized carbons (Fsp3) is 0.350. The maximum atomic E-state index is 13.0. The van der Waals surface area contributed by atoms with Gasteiger partial charge in [0.15, 0.2) is 22.8 Å². The van der Waals surface area contributed by atoms with Crippen LogP contribution in [0, 0.1) is 5.92 Å². The number of ether oxygens (including phenoxy) is 1. The van der Waals surface area contributed by atoms with Crippen LogP contribution in [-0.4, -0.2) is 48.9 Å². The molecule has 3 rings (SSSR count). The number of halogens is 3. The zero-order chi connectivity index (χ0) is 22.8. The quantitative estimate of drug-likeness (QED) is 0.581. The van der Waals surface area contributed by atoms with E-state index in [0.29, 0.717) is 28.1 Å². The smallest absolute Gasteiger partial charge is 0.434 e. The van der Waals surface area contributed by atoms with Crippen molar-refractivity contribution in [2.24, 2.45) is 5.92 Å². The van der Waals surface area contributed by atoms with Gasteiger partial charge in [0.1, 0.15) is 4.88 Å². The normalized spacial score (nSPS) is 12.6. The number of amides is 2. The van der Waals surface area contributed by atoms with Crippen molar-refractivity contribution in [3.05, 3.63) is 46.1 Å². The van der Waals surface area contributed by atoms with Crippen molar-refractivity contribution < 1.29 is 31.9 Å². The van der Waals surface area contributed by atoms with Gasteiger partial charge < -0.3 is 19.4 Å². The Balaban J connectivity index is 1.59. The predicted molar refractivity (Wildman–Crippen MR) is 108 cm³/mol. The van der Waals surface area contributed by atoms with E-state index >= 15 is 0 Å². The number of para-hydroxylation sites is 1. The van der Waals surface area contributed by atoms with Gasteiger partial charge in [-0.05, 0) is 18.1 Å². The lowest BCUT2D eigenvalue weighted by Gasteiger charge is -2.21. The van der Waals surface area contributed by atoms with Crippen molar-refractivity contribution in [1.29, 1.82) is 0 Å². The van der Waals surface area contributed by atoms with E-state index in [-0.39, 0.29) is 24.8 Å². The molecule has 2 heterocycles. The van der Waals surface area contributed by atoms with Crippen LogP contribution in [0.25, 0.3) is 11.0 Å². The van der Waals surface area contributed by atoms with Crippen LogP contribution < -0.4 is 10.1 Å². The van der Waals surface area contributed by atoms with Crippen LogP contribution >= 0.6 is 11.3 Å². The Labute approximate surface area is 179 Å². The van der Waals surface area contributed by atoms with Crippen LogP contribution in [0.1, 0.15) is 32.8 Å². The number of rotatable bonds is 7. The summed E-state index contributed by atoms with van der Waals surface area (Å²) in [4.78, 5) is 28.8. The Morgan fingerprint density at radius 1 is 1.35 bits per heavy atom. The van der Waals surface area contributed by atoms with Gasteiger partial charge in [0.2, 0.25) is 0 Å². The first-order chi connectivity index (χ1) is 14.6. The summed E-state index contributed by atoms with van der Waals surface area (Å²) in [6.07, 6.45) is -4.69. The SMILES string of the molecule is COc1cccc2cc(C(=O)NCC(C)CN(C)C(=O)c3scnc3C(F)(F)F)oc12. The summed E-state index contributed by atoms with van der Waals surface area (Å²) in [5.41, 5.74) is 0.268. The number of hydrogen-bond donors (Lipinski definition) is 1. The molecule has 2 amide bonds. The van der Waals surface area contributed by atoms with Crippen LogP contribution in [-0.2, 0) is 6.18 Å². The van der Waals surface area contributed by atoms with Crippen molar-refractivity contribution in [3.63, 3.8) is 0 Å². The van der Waals surface area contributed by atoms with Gasteiger partial charge in [0.05, 0.1) is 12.6 Å². The largest absolute Gasteiger partial charge is 0.493 e. The minimum atomic E-state index is -4.69. The van der Waals surface area contributed by atoms with Crippen LogP contribution in [0.2, 0.25) is 0 Å². The van der Waals surface area contributed by atoms with Crippen molar-refractivity contribution in [2.45, 2.75) is 13.1 Å². The third-order valence-electron chi connectivity index (χ3n) is 4.53. The standard InChI is InChI=1S/C20H20F3N3O4S/c1-11(9-26(2)19(28)16-17(20(21,22)23)25-10-31-16)8-24-18(27)14-7-12-5-4-6-13(29-3)15(12)30-14/h4-7,10-11H,8-9H2,1-3H3,(H,24,27). The van der Waals surface area contributed by atoms with Crippen LogP contribution in [0.3, 0.4) is 0 Å². The number of benzene rings is 1. The predicted octanol–water partition coefficient (Wildman–Crippen LogP) is 4.05. The Bertz CT molecular complexity index is 1090. The second kappa shape index (κ2) is 8.96. The highest BCUT2D eigenvalue weighted by Crippen LogP contribution is 2.33. The van der Waals surface area contributed by atoms with E-state index in [9.17, 15) is 22.8 Å². The number of carbonyl (C=O) groups excluding carboxylic acids is 2. The molecule has 3 aromatic rings. The molecule has 0 spiro atoms. The van der Waals surface area contributed by atoms with E-state index in [2.05, 4.69) is 10.3 Å². The lowest BCUT2D eigenvalue weighted by Crippen LogP contribution is -2.37. The van der Waals surface area contributed by atoms with E-state index in [0.717, 1.165) is 5.51 Å². The molecule has 7 nitrogen and oxygen atoms in total. The molecule has 1 atom stereocenters. The van der Waals surface area contributed by atoms with Crippen molar-refractivity contribution >= 4 is 34.1 Å². The third-order valence-corrected chi connectivity index (χ3v) is 5.34. The number of alkyl halides is 3. The second-order valence-corrected chi connectivity index (χ2v) is 7.87. The molecule has 166 valence electrons. The average molecular weight is 455 g/mol. The highest BCUT2D eigenvalue weighted by Gasteiger charge is 2.39. The summed E-state index contributed by atoms with van der Waals surface area (Å²) in [6.45, 7) is 2.10. The molecule has 0 aliphatic heterocycles. The average Bonchev–Trinajstić information content (AvgIpc) is 3.38. The fourth-order valence-electron chi connectivity index (χ4n) is 3.05. The molecule has 1 N–H and O–H groups in total. The Kier molecular flexibility index (Phi) is 6.54. The molecular weight excluding hydrogens is 435 g/mol. The third kappa shape index (κ3) is 4.98. The van der Waals surface area contributed by atoms with Crippen LogP contribution in [0.15, 0.2) is 34.2 Å². The van der Waals surface area contributed by atoms with Gasteiger partial charge in [0.25, 0.3) is 11.8 Å². The number of nitrogens with zero attached hydrogens (tertiary/aromatic N) is 2. The second-order valence-electron chi connectivity index (χ2n) is 7.02. The zero-order valence-electron chi connectivity index (χ0n) is 16.9. The van der Waals surface area contributed by atoms with Crippen LogP contribution in [0.4, 0.5) is 13.2 Å². The van der Waals surface area contributed by atoms with E-state index < -0.39 is 28.6 Å². The Morgan fingerprint density at radius 2 is 2.10 bits per heavy atom. The van der Waals surface area contributed by atoms with Gasteiger partial charge in [0, 0.05) is 25.5 Å². The van der Waals surface area contributed by atoms with Gasteiger partial charge in [-0.3, -0.25) is 9.59 Å². The number of hydrogen-bond acceptors (Lipinski definition) is 6. The summed E-state index contributed by atoms with van der Waals surface area (Å²) in [7, 11) is 2.91. The van der Waals surface area contributed by atoms with E-state index in [1.165, 1.54) is 19.1 Å². The number of aromatic nitrogens is 1. The summed E-state index contributed by atoms with van der Waals surface area (Å²) in [6, 6.07) is 6.88. The molecule has 0 fully saturated rings. The first-order valence-corrected chi connectivity index (χ1v) is 10.1. The van der Waals surface area contributed by atoms with Crippen molar-refractivity contribution in [3.8, 4) is 5.75 Å². The summed E-state index contributed by atoms with van der Waals surface area (Å²) < 4.78 is 49.7. The number of thiazole rings is 1. The lowest BCUT2D eigenvalue weighted by atomic mass is 10.1. The minimum Gasteiger partial charge on any atom is -0.493 e. The van der Waals surface area contributed by atoms with Crippen molar-refractivity contribution in [2.75, 3.05) is 27.2 Å². The monoisotopic (exact) mass is 455 g/mol. The highest BCUT2D eigenvalue weighted by atomic mass is 32.1.